The largest absolute Gasteiger partial charge is 0.480 e. The van der Waals surface area contributed by atoms with Gasteiger partial charge in [-0.3, -0.25) is 0 Å². The topological polar surface area (TPSA) is 69.6 Å². The zero-order chi connectivity index (χ0) is 13.8. The van der Waals surface area contributed by atoms with Crippen LogP contribution in [-0.2, 0) is 4.79 Å². The highest BCUT2D eigenvalue weighted by molar-refractivity contribution is 7.99. The van der Waals surface area contributed by atoms with E-state index in [2.05, 4.69) is 12.2 Å². The Morgan fingerprint density at radius 3 is 2.72 bits per heavy atom. The normalized spacial score (nSPS) is 20.6. The summed E-state index contributed by atoms with van der Waals surface area (Å²) in [6.45, 7) is 6.48. The third-order valence-electron chi connectivity index (χ3n) is 2.99. The van der Waals surface area contributed by atoms with Crippen molar-refractivity contribution in [3.05, 3.63) is 0 Å². The molecule has 2 N–H and O–H groups in total. The number of thioether (sulfide) groups is 1. The number of aliphatic carboxylic acids is 1. The molecule has 5 nitrogen and oxygen atoms in total. The van der Waals surface area contributed by atoms with Crippen LogP contribution < -0.4 is 5.32 Å². The van der Waals surface area contributed by atoms with Crippen molar-refractivity contribution in [1.29, 1.82) is 0 Å². The van der Waals surface area contributed by atoms with Crippen molar-refractivity contribution in [3.8, 4) is 0 Å². The highest BCUT2D eigenvalue weighted by atomic mass is 32.2. The number of nitrogens with one attached hydrogen (secondary N) is 1. The quantitative estimate of drug-likeness (QED) is 0.820. The number of rotatable bonds is 4. The van der Waals surface area contributed by atoms with Gasteiger partial charge in [0.1, 0.15) is 6.04 Å². The number of carboxylic acid groups (broad SMARTS) is 1. The van der Waals surface area contributed by atoms with Crippen molar-refractivity contribution < 1.29 is 14.7 Å². The van der Waals surface area contributed by atoms with Crippen LogP contribution in [0.5, 0.6) is 0 Å². The minimum Gasteiger partial charge on any atom is -0.480 e. The summed E-state index contributed by atoms with van der Waals surface area (Å²) in [7, 11) is 0. The number of nitrogens with zero attached hydrogens (tertiary/aromatic N) is 1. The Kier molecular flexibility index (Phi) is 5.31. The lowest BCUT2D eigenvalue weighted by Crippen LogP contribution is -2.57. The third-order valence-corrected chi connectivity index (χ3v) is 4.02. The van der Waals surface area contributed by atoms with Gasteiger partial charge < -0.3 is 15.3 Å². The van der Waals surface area contributed by atoms with Crippen LogP contribution in [-0.4, -0.2) is 51.6 Å². The van der Waals surface area contributed by atoms with Crippen LogP contribution in [0.25, 0.3) is 0 Å². The standard InChI is InChI=1S/C12H22N2O3S/c1-4-5-12(2,3)13-11(17)14-6-7-18-8-9(14)10(15)16/h9H,4-8H2,1-3H3,(H,13,17)(H,15,16). The van der Waals surface area contributed by atoms with Crippen LogP contribution in [0.3, 0.4) is 0 Å². The molecule has 0 radical (unpaired) electrons. The van der Waals surface area contributed by atoms with E-state index in [0.29, 0.717) is 12.3 Å². The monoisotopic (exact) mass is 274 g/mol. The molecular formula is C12H22N2O3S. The number of hydrogen-bond donors (Lipinski definition) is 2. The summed E-state index contributed by atoms with van der Waals surface area (Å²) in [6.07, 6.45) is 1.85. The van der Waals surface area contributed by atoms with Gasteiger partial charge >= 0.3 is 12.0 Å². The van der Waals surface area contributed by atoms with E-state index in [1.807, 2.05) is 13.8 Å². The molecule has 1 unspecified atom stereocenters. The molecule has 2 amide bonds. The molecule has 1 atom stereocenters. The summed E-state index contributed by atoms with van der Waals surface area (Å²) in [4.78, 5) is 24.7. The van der Waals surface area contributed by atoms with E-state index in [4.69, 9.17) is 5.11 Å². The lowest BCUT2D eigenvalue weighted by Gasteiger charge is -2.36. The van der Waals surface area contributed by atoms with Crippen LogP contribution >= 0.6 is 11.8 Å². The summed E-state index contributed by atoms with van der Waals surface area (Å²) < 4.78 is 0. The van der Waals surface area contributed by atoms with Gasteiger partial charge in [-0.05, 0) is 20.3 Å². The van der Waals surface area contributed by atoms with Gasteiger partial charge in [-0.1, -0.05) is 13.3 Å². The van der Waals surface area contributed by atoms with Gasteiger partial charge in [-0.15, -0.1) is 0 Å². The van der Waals surface area contributed by atoms with Gasteiger partial charge in [0.05, 0.1) is 0 Å². The molecule has 0 aliphatic carbocycles. The van der Waals surface area contributed by atoms with E-state index in [0.717, 1.165) is 18.6 Å². The molecule has 0 saturated carbocycles. The molecule has 104 valence electrons. The van der Waals surface area contributed by atoms with Crippen LogP contribution in [0, 0.1) is 0 Å². The molecule has 0 bridgehead atoms. The molecule has 1 heterocycles. The minimum absolute atomic E-state index is 0.263. The maximum atomic E-state index is 12.1. The number of urea groups is 1. The Hall–Kier alpha value is -0.910. The van der Waals surface area contributed by atoms with Crippen LogP contribution in [0.1, 0.15) is 33.6 Å². The number of amides is 2. The highest BCUT2D eigenvalue weighted by Crippen LogP contribution is 2.18. The minimum atomic E-state index is -0.925. The number of carbonyl (C=O) groups is 2. The van der Waals surface area contributed by atoms with Crippen LogP contribution in [0.15, 0.2) is 0 Å². The lowest BCUT2D eigenvalue weighted by atomic mass is 9.99. The van der Waals surface area contributed by atoms with Gasteiger partial charge in [-0.25, -0.2) is 9.59 Å². The fourth-order valence-electron chi connectivity index (χ4n) is 2.10. The summed E-state index contributed by atoms with van der Waals surface area (Å²) in [5.74, 6) is 0.341. The molecule has 0 aromatic carbocycles. The molecular weight excluding hydrogens is 252 g/mol. The fraction of sp³-hybridized carbons (Fsp3) is 0.833. The zero-order valence-electron chi connectivity index (χ0n) is 11.2. The summed E-state index contributed by atoms with van der Waals surface area (Å²) in [5.41, 5.74) is -0.292. The van der Waals surface area contributed by atoms with Crippen molar-refractivity contribution >= 4 is 23.8 Å². The first-order valence-electron chi connectivity index (χ1n) is 6.26. The Bertz CT molecular complexity index is 320. The smallest absolute Gasteiger partial charge is 0.327 e. The molecule has 1 aliphatic rings. The second-order valence-corrected chi connectivity index (χ2v) is 6.34. The molecule has 6 heteroatoms. The number of hydrogen-bond acceptors (Lipinski definition) is 3. The highest BCUT2D eigenvalue weighted by Gasteiger charge is 2.34. The van der Waals surface area contributed by atoms with Gasteiger partial charge in [0, 0.05) is 23.6 Å². The fourth-order valence-corrected chi connectivity index (χ4v) is 3.14. The Balaban J connectivity index is 2.66. The summed E-state index contributed by atoms with van der Waals surface area (Å²) in [5, 5.41) is 12.1. The van der Waals surface area contributed by atoms with Crippen LogP contribution in [0.4, 0.5) is 4.79 Å². The van der Waals surface area contributed by atoms with E-state index in [1.165, 1.54) is 4.90 Å². The molecule has 1 aliphatic heterocycles. The average Bonchev–Trinajstić information content (AvgIpc) is 2.28. The maximum Gasteiger partial charge on any atom is 0.327 e. The average molecular weight is 274 g/mol. The zero-order valence-corrected chi connectivity index (χ0v) is 12.0. The molecule has 1 saturated heterocycles. The van der Waals surface area contributed by atoms with Crippen molar-refractivity contribution in [1.82, 2.24) is 10.2 Å². The summed E-state index contributed by atoms with van der Waals surface area (Å²) >= 11 is 1.58. The second kappa shape index (κ2) is 6.31. The van der Waals surface area contributed by atoms with E-state index in [9.17, 15) is 9.59 Å². The predicted octanol–water partition coefficient (Wildman–Crippen LogP) is 1.78. The van der Waals surface area contributed by atoms with Crippen LogP contribution in [0.2, 0.25) is 0 Å². The molecule has 0 spiro atoms. The molecule has 1 rings (SSSR count). The molecule has 18 heavy (non-hydrogen) atoms. The lowest BCUT2D eigenvalue weighted by molar-refractivity contribution is -0.141. The van der Waals surface area contributed by atoms with Gasteiger partial charge in [-0.2, -0.15) is 11.8 Å². The Morgan fingerprint density at radius 2 is 2.17 bits per heavy atom. The number of carboxylic acids is 1. The van der Waals surface area contributed by atoms with Crippen molar-refractivity contribution in [2.45, 2.75) is 45.2 Å². The molecule has 1 fully saturated rings. The van der Waals surface area contributed by atoms with Gasteiger partial charge in [0.2, 0.25) is 0 Å². The SMILES string of the molecule is CCCC(C)(C)NC(=O)N1CCSCC1C(=O)O. The van der Waals surface area contributed by atoms with Gasteiger partial charge in [0.15, 0.2) is 0 Å². The number of carbonyl (C=O) groups excluding carboxylic acids is 1. The first kappa shape index (κ1) is 15.1. The Labute approximate surface area is 112 Å². The maximum absolute atomic E-state index is 12.1. The first-order valence-corrected chi connectivity index (χ1v) is 7.42. The first-order chi connectivity index (χ1) is 8.37. The van der Waals surface area contributed by atoms with Gasteiger partial charge in [0.25, 0.3) is 0 Å². The summed E-state index contributed by atoms with van der Waals surface area (Å²) in [6, 6.07) is -0.970. The van der Waals surface area contributed by atoms with Crippen molar-refractivity contribution in [3.63, 3.8) is 0 Å². The Morgan fingerprint density at radius 1 is 1.50 bits per heavy atom. The van der Waals surface area contributed by atoms with E-state index < -0.39 is 12.0 Å². The van der Waals surface area contributed by atoms with E-state index in [-0.39, 0.29) is 11.6 Å². The third kappa shape index (κ3) is 4.08. The van der Waals surface area contributed by atoms with Crippen molar-refractivity contribution in [2.75, 3.05) is 18.1 Å². The molecule has 0 aromatic heterocycles. The van der Waals surface area contributed by atoms with Crippen molar-refractivity contribution in [2.24, 2.45) is 0 Å². The van der Waals surface area contributed by atoms with E-state index in [1.54, 1.807) is 11.8 Å². The predicted molar refractivity (Wildman–Crippen MR) is 73.0 cm³/mol. The molecule has 0 aromatic rings. The van der Waals surface area contributed by atoms with E-state index >= 15 is 0 Å². The second-order valence-electron chi connectivity index (χ2n) is 5.19.